The number of anilines is 1. The van der Waals surface area contributed by atoms with Crippen molar-refractivity contribution in [2.75, 3.05) is 37.6 Å². The van der Waals surface area contributed by atoms with Crippen molar-refractivity contribution < 1.29 is 18.9 Å². The molecule has 0 spiro atoms. The van der Waals surface area contributed by atoms with E-state index < -0.39 is 0 Å². The third kappa shape index (κ3) is 3.83. The maximum Gasteiger partial charge on any atom is 0.289 e. The van der Waals surface area contributed by atoms with E-state index in [1.54, 1.807) is 12.1 Å². The second kappa shape index (κ2) is 8.71. The Morgan fingerprint density at radius 1 is 1.07 bits per heavy atom. The lowest BCUT2D eigenvalue weighted by molar-refractivity contribution is -0.917. The van der Waals surface area contributed by atoms with Crippen molar-refractivity contribution in [1.82, 2.24) is 4.90 Å². The number of nitrogens with zero attached hydrogens (tertiary/aromatic N) is 2. The number of furan rings is 1. The van der Waals surface area contributed by atoms with Crippen LogP contribution in [0.5, 0.6) is 0 Å². The van der Waals surface area contributed by atoms with Crippen LogP contribution in [0, 0.1) is 0 Å². The van der Waals surface area contributed by atoms with Crippen LogP contribution in [0.15, 0.2) is 65.3 Å². The van der Waals surface area contributed by atoms with Gasteiger partial charge in [-0.3, -0.25) is 9.59 Å². The van der Waals surface area contributed by atoms with Crippen molar-refractivity contribution in [3.63, 3.8) is 0 Å². The Bertz CT molecular complexity index is 1020. The van der Waals surface area contributed by atoms with Crippen LogP contribution in [0.4, 0.5) is 5.69 Å². The SMILES string of the molecule is CCN(C(=O)[C@@H](C)[NH+]1CCN(C(=O)c2ccco2)CC1)c1cccc2ccccc12. The average molecular weight is 407 g/mol. The fraction of sp³-hybridized carbons (Fsp3) is 0.333. The van der Waals surface area contributed by atoms with Crippen LogP contribution in [0.25, 0.3) is 10.8 Å². The highest BCUT2D eigenvalue weighted by molar-refractivity contribution is 6.04. The summed E-state index contributed by atoms with van der Waals surface area (Å²) in [5.74, 6) is 0.411. The molecule has 1 aliphatic heterocycles. The molecular formula is C24H28N3O3+. The molecule has 0 bridgehead atoms. The van der Waals surface area contributed by atoms with E-state index in [1.165, 1.54) is 11.2 Å². The molecule has 2 aromatic carbocycles. The van der Waals surface area contributed by atoms with E-state index in [0.717, 1.165) is 29.5 Å². The van der Waals surface area contributed by atoms with E-state index in [2.05, 4.69) is 18.2 Å². The minimum absolute atomic E-state index is 0.0797. The molecule has 1 saturated heterocycles. The van der Waals surface area contributed by atoms with E-state index in [4.69, 9.17) is 4.42 Å². The van der Waals surface area contributed by atoms with Crippen LogP contribution in [-0.4, -0.2) is 55.5 Å². The number of likely N-dealkylation sites (N-methyl/N-ethyl adjacent to an activating group) is 1. The first-order valence-electron chi connectivity index (χ1n) is 10.6. The van der Waals surface area contributed by atoms with Crippen molar-refractivity contribution in [3.05, 3.63) is 66.6 Å². The summed E-state index contributed by atoms with van der Waals surface area (Å²) in [6.45, 7) is 7.35. The zero-order valence-corrected chi connectivity index (χ0v) is 17.5. The van der Waals surface area contributed by atoms with E-state index in [-0.39, 0.29) is 17.9 Å². The Hall–Kier alpha value is -3.12. The molecular weight excluding hydrogens is 378 g/mol. The second-order valence-corrected chi connectivity index (χ2v) is 7.73. The largest absolute Gasteiger partial charge is 0.459 e. The lowest BCUT2D eigenvalue weighted by Gasteiger charge is -2.36. The summed E-state index contributed by atoms with van der Waals surface area (Å²) in [7, 11) is 0. The van der Waals surface area contributed by atoms with Crippen LogP contribution in [0.3, 0.4) is 0 Å². The van der Waals surface area contributed by atoms with Crippen LogP contribution in [0.1, 0.15) is 24.4 Å². The monoisotopic (exact) mass is 406 g/mol. The standard InChI is InChI=1S/C24H27N3O3/c1-3-27(21-11-6-9-19-8-4-5-10-20(19)21)23(28)18(2)25-13-15-26(16-14-25)24(29)22-12-7-17-30-22/h4-12,17-18H,3,13-16H2,1-2H3/p+1/t18-/m1/s1. The fourth-order valence-electron chi connectivity index (χ4n) is 4.28. The number of quaternary nitrogens is 1. The Kier molecular flexibility index (Phi) is 5.86. The third-order valence-electron chi connectivity index (χ3n) is 6.05. The molecule has 0 unspecified atom stereocenters. The van der Waals surface area contributed by atoms with Crippen LogP contribution in [-0.2, 0) is 4.79 Å². The number of carbonyl (C=O) groups is 2. The number of hydrogen-bond donors (Lipinski definition) is 1. The van der Waals surface area contributed by atoms with Gasteiger partial charge in [0, 0.05) is 11.9 Å². The summed E-state index contributed by atoms with van der Waals surface area (Å²) < 4.78 is 5.23. The maximum absolute atomic E-state index is 13.4. The van der Waals surface area contributed by atoms with Gasteiger partial charge in [-0.25, -0.2) is 0 Å². The molecule has 1 aliphatic rings. The van der Waals surface area contributed by atoms with Gasteiger partial charge >= 0.3 is 0 Å². The normalized spacial score (nSPS) is 15.9. The van der Waals surface area contributed by atoms with E-state index in [1.807, 2.05) is 47.9 Å². The van der Waals surface area contributed by atoms with Crippen LogP contribution in [0.2, 0.25) is 0 Å². The molecule has 1 atom stereocenters. The highest BCUT2D eigenvalue weighted by Gasteiger charge is 2.34. The zero-order chi connectivity index (χ0) is 21.1. The summed E-state index contributed by atoms with van der Waals surface area (Å²) in [6.07, 6.45) is 1.52. The lowest BCUT2D eigenvalue weighted by atomic mass is 10.1. The molecule has 6 nitrogen and oxygen atoms in total. The summed E-state index contributed by atoms with van der Waals surface area (Å²) in [6, 6.07) is 17.5. The Labute approximate surface area is 176 Å². The van der Waals surface area contributed by atoms with Crippen LogP contribution < -0.4 is 9.80 Å². The molecule has 2 amide bonds. The first-order valence-corrected chi connectivity index (χ1v) is 10.6. The molecule has 6 heteroatoms. The first-order chi connectivity index (χ1) is 14.6. The van der Waals surface area contributed by atoms with Crippen molar-refractivity contribution in [3.8, 4) is 0 Å². The average Bonchev–Trinajstić information content (AvgIpc) is 3.34. The van der Waals surface area contributed by atoms with Gasteiger partial charge in [0.15, 0.2) is 11.8 Å². The molecule has 1 aromatic heterocycles. The van der Waals surface area contributed by atoms with Gasteiger partial charge in [0.1, 0.15) is 0 Å². The second-order valence-electron chi connectivity index (χ2n) is 7.73. The van der Waals surface area contributed by atoms with Crippen molar-refractivity contribution >= 4 is 28.3 Å². The molecule has 4 rings (SSSR count). The lowest BCUT2D eigenvalue weighted by Crippen LogP contribution is -3.19. The van der Waals surface area contributed by atoms with Crippen LogP contribution >= 0.6 is 0 Å². The van der Waals surface area contributed by atoms with E-state index >= 15 is 0 Å². The van der Waals surface area contributed by atoms with Gasteiger partial charge in [-0.15, -0.1) is 0 Å². The minimum Gasteiger partial charge on any atom is -0.459 e. The number of benzene rings is 2. The summed E-state index contributed by atoms with van der Waals surface area (Å²) in [5.41, 5.74) is 0.957. The number of amides is 2. The predicted octanol–water partition coefficient (Wildman–Crippen LogP) is 2.22. The van der Waals surface area contributed by atoms with Gasteiger partial charge in [0.25, 0.3) is 11.8 Å². The molecule has 0 saturated carbocycles. The molecule has 156 valence electrons. The molecule has 1 N–H and O–H groups in total. The Balaban J connectivity index is 1.46. The van der Waals surface area contributed by atoms with Gasteiger partial charge in [-0.05, 0) is 37.4 Å². The predicted molar refractivity (Wildman–Crippen MR) is 117 cm³/mol. The molecule has 0 radical (unpaired) electrons. The Morgan fingerprint density at radius 3 is 2.50 bits per heavy atom. The molecule has 30 heavy (non-hydrogen) atoms. The molecule has 1 fully saturated rings. The maximum atomic E-state index is 13.4. The molecule has 2 heterocycles. The van der Waals surface area contributed by atoms with Crippen molar-refractivity contribution in [2.45, 2.75) is 19.9 Å². The number of nitrogens with one attached hydrogen (secondary N) is 1. The highest BCUT2D eigenvalue weighted by Crippen LogP contribution is 2.27. The fourth-order valence-corrected chi connectivity index (χ4v) is 4.28. The molecule has 0 aliphatic carbocycles. The topological polar surface area (TPSA) is 58.2 Å². The summed E-state index contributed by atoms with van der Waals surface area (Å²) in [5, 5.41) is 2.22. The van der Waals surface area contributed by atoms with Gasteiger partial charge < -0.3 is 19.1 Å². The van der Waals surface area contributed by atoms with Crippen molar-refractivity contribution in [1.29, 1.82) is 0 Å². The van der Waals surface area contributed by atoms with E-state index in [9.17, 15) is 9.59 Å². The van der Waals surface area contributed by atoms with Gasteiger partial charge in [-0.1, -0.05) is 36.4 Å². The summed E-state index contributed by atoms with van der Waals surface area (Å²) in [4.78, 5) is 30.8. The van der Waals surface area contributed by atoms with Gasteiger partial charge in [0.05, 0.1) is 38.1 Å². The smallest absolute Gasteiger partial charge is 0.289 e. The number of piperazine rings is 1. The van der Waals surface area contributed by atoms with Crippen molar-refractivity contribution in [2.24, 2.45) is 0 Å². The van der Waals surface area contributed by atoms with E-state index in [0.29, 0.717) is 25.4 Å². The number of fused-ring (bicyclic) bond motifs is 1. The third-order valence-corrected chi connectivity index (χ3v) is 6.05. The number of carbonyl (C=O) groups excluding carboxylic acids is 2. The summed E-state index contributed by atoms with van der Waals surface area (Å²) >= 11 is 0. The number of rotatable bonds is 5. The Morgan fingerprint density at radius 2 is 1.80 bits per heavy atom. The first kappa shape index (κ1) is 20.2. The zero-order valence-electron chi connectivity index (χ0n) is 17.5. The quantitative estimate of drug-likeness (QED) is 0.707. The highest BCUT2D eigenvalue weighted by atomic mass is 16.3. The molecule has 3 aromatic rings. The van der Waals surface area contributed by atoms with Gasteiger partial charge in [-0.2, -0.15) is 0 Å². The van der Waals surface area contributed by atoms with Gasteiger partial charge in [0.2, 0.25) is 0 Å². The number of hydrogen-bond acceptors (Lipinski definition) is 3. The minimum atomic E-state index is -0.176.